The Hall–Kier alpha value is -2.69. The predicted octanol–water partition coefficient (Wildman–Crippen LogP) is 3.93. The van der Waals surface area contributed by atoms with Gasteiger partial charge in [0.1, 0.15) is 0 Å². The van der Waals surface area contributed by atoms with Crippen LogP contribution in [0.25, 0.3) is 16.9 Å². The molecule has 2 fully saturated rings. The maximum absolute atomic E-state index is 4.93. The first-order chi connectivity index (χ1) is 12.7. The molecular formula is C21H23N5. The summed E-state index contributed by atoms with van der Waals surface area (Å²) in [7, 11) is 0. The third-order valence-corrected chi connectivity index (χ3v) is 5.86. The van der Waals surface area contributed by atoms with Crippen LogP contribution in [-0.2, 0) is 0 Å². The summed E-state index contributed by atoms with van der Waals surface area (Å²) >= 11 is 0. The number of aromatic nitrogens is 4. The van der Waals surface area contributed by atoms with Crippen LogP contribution in [0.1, 0.15) is 30.7 Å². The van der Waals surface area contributed by atoms with Crippen molar-refractivity contribution in [2.75, 3.05) is 11.4 Å². The summed E-state index contributed by atoms with van der Waals surface area (Å²) in [6.45, 7) is 5.28. The Kier molecular flexibility index (Phi) is 3.55. The second-order valence-corrected chi connectivity index (χ2v) is 7.52. The summed E-state index contributed by atoms with van der Waals surface area (Å²) in [5.41, 5.74) is 5.27. The van der Waals surface area contributed by atoms with Crippen molar-refractivity contribution >= 4 is 5.95 Å². The van der Waals surface area contributed by atoms with Crippen LogP contribution in [-0.4, -0.2) is 32.3 Å². The number of anilines is 1. The zero-order valence-corrected chi connectivity index (χ0v) is 15.3. The number of hydrogen-bond acceptors (Lipinski definition) is 4. The van der Waals surface area contributed by atoms with Crippen molar-refractivity contribution in [2.24, 2.45) is 5.92 Å². The molecule has 2 aliphatic rings. The van der Waals surface area contributed by atoms with E-state index in [1.807, 2.05) is 35.1 Å². The van der Waals surface area contributed by atoms with Gasteiger partial charge in [-0.15, -0.1) is 0 Å². The number of benzene rings is 1. The van der Waals surface area contributed by atoms with Crippen LogP contribution in [0.5, 0.6) is 0 Å². The van der Waals surface area contributed by atoms with Gasteiger partial charge >= 0.3 is 0 Å². The molecule has 3 heterocycles. The highest BCUT2D eigenvalue weighted by molar-refractivity contribution is 5.66. The van der Waals surface area contributed by atoms with Gasteiger partial charge in [0.25, 0.3) is 0 Å². The normalized spacial score (nSPS) is 21.5. The van der Waals surface area contributed by atoms with Crippen LogP contribution in [0.2, 0.25) is 0 Å². The quantitative estimate of drug-likeness (QED) is 0.721. The van der Waals surface area contributed by atoms with E-state index >= 15 is 0 Å². The molecule has 1 saturated heterocycles. The van der Waals surface area contributed by atoms with E-state index in [1.165, 1.54) is 19.3 Å². The number of rotatable bonds is 3. The summed E-state index contributed by atoms with van der Waals surface area (Å²) < 4.78 is 2.00. The molecule has 5 nitrogen and oxygen atoms in total. The molecule has 3 aromatic rings. The molecule has 5 rings (SSSR count). The summed E-state index contributed by atoms with van der Waals surface area (Å²) in [6, 6.07) is 12.9. The average molecular weight is 345 g/mol. The number of hydrogen-bond donors (Lipinski definition) is 0. The van der Waals surface area contributed by atoms with E-state index in [1.54, 1.807) is 0 Å². The van der Waals surface area contributed by atoms with E-state index in [0.29, 0.717) is 6.04 Å². The fourth-order valence-corrected chi connectivity index (χ4v) is 4.63. The van der Waals surface area contributed by atoms with Crippen LogP contribution in [0.15, 0.2) is 42.6 Å². The Morgan fingerprint density at radius 1 is 1.04 bits per heavy atom. The molecule has 2 bridgehead atoms. The Morgan fingerprint density at radius 2 is 1.88 bits per heavy atom. The Bertz CT molecular complexity index is 946. The molecule has 5 heteroatoms. The highest BCUT2D eigenvalue weighted by Gasteiger charge is 2.39. The number of para-hydroxylation sites is 1. The van der Waals surface area contributed by atoms with E-state index in [-0.39, 0.29) is 0 Å². The van der Waals surface area contributed by atoms with Gasteiger partial charge in [0.2, 0.25) is 5.95 Å². The molecule has 0 N–H and O–H groups in total. The lowest BCUT2D eigenvalue weighted by Crippen LogP contribution is -2.33. The van der Waals surface area contributed by atoms with Gasteiger partial charge in [-0.2, -0.15) is 5.10 Å². The monoisotopic (exact) mass is 345 g/mol. The average Bonchev–Trinajstić information content (AvgIpc) is 3.37. The molecule has 1 aliphatic heterocycles. The van der Waals surface area contributed by atoms with Gasteiger partial charge in [-0.1, -0.05) is 18.2 Å². The fraction of sp³-hybridized carbons (Fsp3) is 0.381. The van der Waals surface area contributed by atoms with Gasteiger partial charge in [0.05, 0.1) is 22.8 Å². The summed E-state index contributed by atoms with van der Waals surface area (Å²) in [5.74, 6) is 1.71. The second-order valence-electron chi connectivity index (χ2n) is 7.52. The van der Waals surface area contributed by atoms with Crippen molar-refractivity contribution in [2.45, 2.75) is 39.2 Å². The van der Waals surface area contributed by atoms with Gasteiger partial charge in [-0.3, -0.25) is 0 Å². The molecule has 132 valence electrons. The van der Waals surface area contributed by atoms with E-state index in [0.717, 1.165) is 46.7 Å². The van der Waals surface area contributed by atoms with Crippen LogP contribution >= 0.6 is 0 Å². The fourth-order valence-electron chi connectivity index (χ4n) is 4.63. The number of piperidine rings is 1. The molecule has 1 saturated carbocycles. The standard InChI is InChI=1S/C21H23N5/c1-14-20(15(2)26(24-14)17-6-4-3-5-7-17)19-10-11-22-21(23-19)25-13-16-8-9-18(25)12-16/h3-7,10-11,16,18H,8-9,12-13H2,1-2H3/t16-,18-/m0/s1. The Morgan fingerprint density at radius 3 is 2.62 bits per heavy atom. The van der Waals surface area contributed by atoms with E-state index in [4.69, 9.17) is 10.1 Å². The molecule has 0 amide bonds. The van der Waals surface area contributed by atoms with Crippen LogP contribution in [0, 0.1) is 19.8 Å². The summed E-state index contributed by atoms with van der Waals surface area (Å²) in [6.07, 6.45) is 5.84. The third kappa shape index (κ3) is 2.42. The van der Waals surface area contributed by atoms with Crippen LogP contribution in [0.3, 0.4) is 0 Å². The lowest BCUT2D eigenvalue weighted by atomic mass is 10.1. The predicted molar refractivity (Wildman–Crippen MR) is 103 cm³/mol. The van der Waals surface area contributed by atoms with Gasteiger partial charge in [-0.05, 0) is 57.2 Å². The first kappa shape index (κ1) is 15.6. The van der Waals surface area contributed by atoms with Gasteiger partial charge < -0.3 is 4.90 Å². The minimum atomic E-state index is 0.629. The topological polar surface area (TPSA) is 46.8 Å². The lowest BCUT2D eigenvalue weighted by molar-refractivity contribution is 0.546. The minimum Gasteiger partial charge on any atom is -0.338 e. The lowest BCUT2D eigenvalue weighted by Gasteiger charge is -2.27. The van der Waals surface area contributed by atoms with Crippen molar-refractivity contribution in [3.63, 3.8) is 0 Å². The second kappa shape index (κ2) is 5.94. The first-order valence-corrected chi connectivity index (χ1v) is 9.42. The molecule has 0 unspecified atom stereocenters. The molecule has 26 heavy (non-hydrogen) atoms. The van der Waals surface area contributed by atoms with Crippen molar-refractivity contribution in [1.82, 2.24) is 19.7 Å². The largest absolute Gasteiger partial charge is 0.338 e. The number of fused-ring (bicyclic) bond motifs is 2. The molecule has 2 atom stereocenters. The Labute approximate surface area is 153 Å². The van der Waals surface area contributed by atoms with E-state index < -0.39 is 0 Å². The molecule has 0 radical (unpaired) electrons. The highest BCUT2D eigenvalue weighted by Crippen LogP contribution is 2.39. The molecular weight excluding hydrogens is 322 g/mol. The van der Waals surface area contributed by atoms with Gasteiger partial charge in [-0.25, -0.2) is 14.6 Å². The summed E-state index contributed by atoms with van der Waals surface area (Å²) in [5, 5.41) is 4.76. The van der Waals surface area contributed by atoms with Gasteiger partial charge in [0, 0.05) is 24.3 Å². The van der Waals surface area contributed by atoms with Crippen LogP contribution < -0.4 is 4.90 Å². The summed E-state index contributed by atoms with van der Waals surface area (Å²) in [4.78, 5) is 11.9. The zero-order chi connectivity index (χ0) is 17.7. The van der Waals surface area contributed by atoms with Gasteiger partial charge in [0.15, 0.2) is 0 Å². The van der Waals surface area contributed by atoms with Crippen molar-refractivity contribution in [1.29, 1.82) is 0 Å². The molecule has 2 aromatic heterocycles. The molecule has 1 aliphatic carbocycles. The van der Waals surface area contributed by atoms with Crippen molar-refractivity contribution < 1.29 is 0 Å². The first-order valence-electron chi connectivity index (χ1n) is 9.42. The molecule has 0 spiro atoms. The third-order valence-electron chi connectivity index (χ3n) is 5.86. The van der Waals surface area contributed by atoms with E-state index in [9.17, 15) is 0 Å². The van der Waals surface area contributed by atoms with Crippen molar-refractivity contribution in [3.8, 4) is 16.9 Å². The molecule has 1 aromatic carbocycles. The maximum Gasteiger partial charge on any atom is 0.226 e. The Balaban J connectivity index is 1.55. The zero-order valence-electron chi connectivity index (χ0n) is 15.3. The number of aryl methyl sites for hydroxylation is 1. The van der Waals surface area contributed by atoms with Crippen molar-refractivity contribution in [3.05, 3.63) is 54.0 Å². The minimum absolute atomic E-state index is 0.629. The SMILES string of the molecule is Cc1nn(-c2ccccc2)c(C)c1-c1ccnc(N2C[C@H]3CC[C@H]2C3)n1. The maximum atomic E-state index is 4.93. The number of nitrogens with zero attached hydrogens (tertiary/aromatic N) is 5. The van der Waals surface area contributed by atoms with Crippen LogP contribution in [0.4, 0.5) is 5.95 Å². The van der Waals surface area contributed by atoms with E-state index in [2.05, 4.69) is 35.9 Å². The highest BCUT2D eigenvalue weighted by atomic mass is 15.3. The smallest absolute Gasteiger partial charge is 0.226 e.